The maximum atomic E-state index is 11.0. The van der Waals surface area contributed by atoms with Crippen LogP contribution in [0.5, 0.6) is 0 Å². The molecule has 0 unspecified atom stereocenters. The first kappa shape index (κ1) is 7.76. The Morgan fingerprint density at radius 2 is 2.58 bits per heavy atom. The van der Waals surface area contributed by atoms with Crippen molar-refractivity contribution in [2.75, 3.05) is 6.54 Å². The third-order valence-corrected chi connectivity index (χ3v) is 3.07. The highest BCUT2D eigenvalue weighted by Crippen LogP contribution is 2.26. The summed E-state index contributed by atoms with van der Waals surface area (Å²) >= 11 is 1.70. The molecular weight excluding hydrogens is 172 g/mol. The van der Waals surface area contributed by atoms with Crippen LogP contribution in [0.1, 0.15) is 16.5 Å². The zero-order chi connectivity index (χ0) is 8.55. The zero-order valence-electron chi connectivity index (χ0n) is 6.54. The van der Waals surface area contributed by atoms with Crippen molar-refractivity contribution in [3.8, 4) is 0 Å². The van der Waals surface area contributed by atoms with Crippen molar-refractivity contribution in [3.05, 3.63) is 21.9 Å². The van der Waals surface area contributed by atoms with Crippen LogP contribution in [0.4, 0.5) is 0 Å². The monoisotopic (exact) mass is 182 g/mol. The van der Waals surface area contributed by atoms with E-state index in [4.69, 9.17) is 5.73 Å². The van der Waals surface area contributed by atoms with E-state index in [0.29, 0.717) is 0 Å². The summed E-state index contributed by atoms with van der Waals surface area (Å²) in [6.45, 7) is 0.848. The molecule has 2 rings (SSSR count). The minimum Gasteiger partial charge on any atom is -0.368 e. The van der Waals surface area contributed by atoms with Gasteiger partial charge < -0.3 is 11.1 Å². The van der Waals surface area contributed by atoms with Gasteiger partial charge in [0.25, 0.3) is 0 Å². The normalized spacial score (nSPS) is 21.8. The van der Waals surface area contributed by atoms with Gasteiger partial charge in [0.05, 0.1) is 0 Å². The molecular formula is C8H10N2OS. The number of thiophene rings is 1. The molecule has 1 aromatic heterocycles. The van der Waals surface area contributed by atoms with Gasteiger partial charge in [-0.05, 0) is 23.4 Å². The molecule has 0 aliphatic carbocycles. The Hall–Kier alpha value is -0.870. The third-order valence-electron chi connectivity index (χ3n) is 2.08. The standard InChI is InChI=1S/C8H10N2OS/c9-8(11)7-5-2-4-12-6(5)1-3-10-7/h2,4,7,10H,1,3H2,(H2,9,11)/t7-/m0/s1. The van der Waals surface area contributed by atoms with Crippen LogP contribution >= 0.6 is 11.3 Å². The van der Waals surface area contributed by atoms with Gasteiger partial charge in [0.1, 0.15) is 6.04 Å². The predicted octanol–water partition coefficient (Wildman–Crippen LogP) is 0.420. The number of hydrogen-bond donors (Lipinski definition) is 2. The Morgan fingerprint density at radius 1 is 1.75 bits per heavy atom. The second-order valence-corrected chi connectivity index (χ2v) is 3.84. The van der Waals surface area contributed by atoms with Gasteiger partial charge >= 0.3 is 0 Å². The number of nitrogens with one attached hydrogen (secondary N) is 1. The summed E-state index contributed by atoms with van der Waals surface area (Å²) in [4.78, 5) is 12.3. The van der Waals surface area contributed by atoms with Gasteiger partial charge in [0.15, 0.2) is 0 Å². The van der Waals surface area contributed by atoms with Crippen LogP contribution in [0.2, 0.25) is 0 Å². The number of amides is 1. The highest BCUT2D eigenvalue weighted by Gasteiger charge is 2.24. The Labute approximate surface area is 74.6 Å². The third kappa shape index (κ3) is 1.13. The van der Waals surface area contributed by atoms with Crippen molar-refractivity contribution in [3.63, 3.8) is 0 Å². The molecule has 3 nitrogen and oxygen atoms in total. The van der Waals surface area contributed by atoms with Crippen LogP contribution in [0.25, 0.3) is 0 Å². The summed E-state index contributed by atoms with van der Waals surface area (Å²) in [5.74, 6) is -0.283. The maximum Gasteiger partial charge on any atom is 0.239 e. The summed E-state index contributed by atoms with van der Waals surface area (Å²) in [7, 11) is 0. The summed E-state index contributed by atoms with van der Waals surface area (Å²) in [5.41, 5.74) is 6.31. The van der Waals surface area contributed by atoms with E-state index in [9.17, 15) is 4.79 Å². The molecule has 12 heavy (non-hydrogen) atoms. The molecule has 0 spiro atoms. The van der Waals surface area contributed by atoms with Crippen molar-refractivity contribution < 1.29 is 4.79 Å². The lowest BCUT2D eigenvalue weighted by Gasteiger charge is -2.20. The number of fused-ring (bicyclic) bond motifs is 1. The smallest absolute Gasteiger partial charge is 0.239 e. The largest absolute Gasteiger partial charge is 0.368 e. The van der Waals surface area contributed by atoms with Crippen LogP contribution in [-0.2, 0) is 11.2 Å². The van der Waals surface area contributed by atoms with E-state index in [1.807, 2.05) is 11.4 Å². The van der Waals surface area contributed by atoms with Crippen molar-refractivity contribution in [1.82, 2.24) is 5.32 Å². The van der Waals surface area contributed by atoms with Crippen molar-refractivity contribution in [1.29, 1.82) is 0 Å². The average Bonchev–Trinajstić information content (AvgIpc) is 2.49. The Kier molecular flexibility index (Phi) is 1.86. The van der Waals surface area contributed by atoms with E-state index >= 15 is 0 Å². The lowest BCUT2D eigenvalue weighted by Crippen LogP contribution is -2.37. The number of carbonyl (C=O) groups excluding carboxylic acids is 1. The van der Waals surface area contributed by atoms with Crippen molar-refractivity contribution >= 4 is 17.2 Å². The van der Waals surface area contributed by atoms with Gasteiger partial charge in [-0.3, -0.25) is 4.79 Å². The van der Waals surface area contributed by atoms with E-state index in [1.54, 1.807) is 11.3 Å². The van der Waals surface area contributed by atoms with E-state index in [2.05, 4.69) is 5.32 Å². The van der Waals surface area contributed by atoms with Crippen LogP contribution in [0, 0.1) is 0 Å². The van der Waals surface area contributed by atoms with Crippen LogP contribution in [0.3, 0.4) is 0 Å². The Balaban J connectivity index is 2.37. The van der Waals surface area contributed by atoms with Crippen LogP contribution in [-0.4, -0.2) is 12.5 Å². The molecule has 0 saturated carbocycles. The second kappa shape index (κ2) is 2.88. The first-order valence-electron chi connectivity index (χ1n) is 3.88. The number of primary amides is 1. The molecule has 1 aliphatic heterocycles. The molecule has 2 heterocycles. The number of rotatable bonds is 1. The van der Waals surface area contributed by atoms with E-state index in [1.165, 1.54) is 4.88 Å². The molecule has 1 aliphatic rings. The van der Waals surface area contributed by atoms with Gasteiger partial charge in [0, 0.05) is 11.4 Å². The van der Waals surface area contributed by atoms with Crippen LogP contribution < -0.4 is 11.1 Å². The number of hydrogen-bond acceptors (Lipinski definition) is 3. The predicted molar refractivity (Wildman–Crippen MR) is 48.0 cm³/mol. The molecule has 1 atom stereocenters. The van der Waals surface area contributed by atoms with Gasteiger partial charge in [-0.2, -0.15) is 0 Å². The lowest BCUT2D eigenvalue weighted by atomic mass is 10.0. The zero-order valence-corrected chi connectivity index (χ0v) is 7.36. The SMILES string of the molecule is NC(=O)[C@H]1NCCc2sccc21. The molecule has 0 radical (unpaired) electrons. The summed E-state index contributed by atoms with van der Waals surface area (Å²) < 4.78 is 0. The summed E-state index contributed by atoms with van der Waals surface area (Å²) in [6, 6.07) is 1.71. The highest BCUT2D eigenvalue weighted by molar-refractivity contribution is 7.10. The fraction of sp³-hybridized carbons (Fsp3) is 0.375. The van der Waals surface area contributed by atoms with Gasteiger partial charge in [-0.15, -0.1) is 11.3 Å². The molecule has 3 N–H and O–H groups in total. The van der Waals surface area contributed by atoms with E-state index < -0.39 is 0 Å². The summed E-state index contributed by atoms with van der Waals surface area (Å²) in [5, 5.41) is 5.10. The lowest BCUT2D eigenvalue weighted by molar-refractivity contribution is -0.120. The van der Waals surface area contributed by atoms with Crippen molar-refractivity contribution in [2.24, 2.45) is 5.73 Å². The van der Waals surface area contributed by atoms with E-state index in [-0.39, 0.29) is 11.9 Å². The van der Waals surface area contributed by atoms with Crippen LogP contribution in [0.15, 0.2) is 11.4 Å². The van der Waals surface area contributed by atoms with Gasteiger partial charge in [0.2, 0.25) is 5.91 Å². The Morgan fingerprint density at radius 3 is 3.33 bits per heavy atom. The highest BCUT2D eigenvalue weighted by atomic mass is 32.1. The quantitative estimate of drug-likeness (QED) is 0.661. The molecule has 1 aromatic rings. The van der Waals surface area contributed by atoms with E-state index in [0.717, 1.165) is 18.5 Å². The van der Waals surface area contributed by atoms with Gasteiger partial charge in [-0.1, -0.05) is 0 Å². The van der Waals surface area contributed by atoms with Gasteiger partial charge in [-0.25, -0.2) is 0 Å². The topological polar surface area (TPSA) is 55.1 Å². The molecule has 4 heteroatoms. The Bertz CT molecular complexity index is 308. The molecule has 1 amide bonds. The number of nitrogens with two attached hydrogens (primary N) is 1. The first-order chi connectivity index (χ1) is 5.79. The molecule has 0 saturated heterocycles. The minimum atomic E-state index is -0.283. The second-order valence-electron chi connectivity index (χ2n) is 2.84. The molecule has 64 valence electrons. The first-order valence-corrected chi connectivity index (χ1v) is 4.76. The molecule has 0 aromatic carbocycles. The summed E-state index contributed by atoms with van der Waals surface area (Å²) in [6.07, 6.45) is 1.01. The minimum absolute atomic E-state index is 0.264. The van der Waals surface area contributed by atoms with Crippen molar-refractivity contribution in [2.45, 2.75) is 12.5 Å². The molecule has 0 bridgehead atoms. The fourth-order valence-electron chi connectivity index (χ4n) is 1.50. The average molecular weight is 182 g/mol. The maximum absolute atomic E-state index is 11.0. The number of carbonyl (C=O) groups is 1. The molecule has 0 fully saturated rings. The fourth-order valence-corrected chi connectivity index (χ4v) is 2.43.